The SMILES string of the molecule is CCOc1nc(Oc2ccc(C#N)cc2)ccc1N. The Balaban J connectivity index is 2.18. The number of nitrogens with zero attached hydrogens (tertiary/aromatic N) is 2. The number of rotatable bonds is 4. The van der Waals surface area contributed by atoms with Crippen LogP contribution in [-0.4, -0.2) is 11.6 Å². The minimum atomic E-state index is 0.355. The van der Waals surface area contributed by atoms with Crippen LogP contribution in [0.15, 0.2) is 36.4 Å². The first kappa shape index (κ1) is 12.7. The van der Waals surface area contributed by atoms with Crippen LogP contribution >= 0.6 is 0 Å². The van der Waals surface area contributed by atoms with Crippen LogP contribution < -0.4 is 15.2 Å². The highest BCUT2D eigenvalue weighted by molar-refractivity contribution is 5.49. The molecule has 0 radical (unpaired) electrons. The first-order valence-electron chi connectivity index (χ1n) is 5.80. The van der Waals surface area contributed by atoms with E-state index in [1.807, 2.05) is 13.0 Å². The van der Waals surface area contributed by atoms with Gasteiger partial charge in [0.1, 0.15) is 5.75 Å². The van der Waals surface area contributed by atoms with Crippen LogP contribution in [0, 0.1) is 11.3 Å². The quantitative estimate of drug-likeness (QED) is 0.908. The predicted molar refractivity (Wildman–Crippen MR) is 71.0 cm³/mol. The van der Waals surface area contributed by atoms with E-state index in [9.17, 15) is 0 Å². The third kappa shape index (κ3) is 3.13. The number of nitriles is 1. The minimum Gasteiger partial charge on any atom is -0.476 e. The van der Waals surface area contributed by atoms with Crippen molar-refractivity contribution < 1.29 is 9.47 Å². The molecule has 1 aromatic heterocycles. The maximum absolute atomic E-state index is 8.71. The van der Waals surface area contributed by atoms with Crippen LogP contribution in [0.4, 0.5) is 5.69 Å². The Morgan fingerprint density at radius 2 is 1.95 bits per heavy atom. The van der Waals surface area contributed by atoms with Gasteiger partial charge in [0.05, 0.1) is 23.9 Å². The molecule has 0 fully saturated rings. The number of anilines is 1. The average Bonchev–Trinajstić information content (AvgIpc) is 2.44. The average molecular weight is 255 g/mol. The largest absolute Gasteiger partial charge is 0.476 e. The Hall–Kier alpha value is -2.74. The summed E-state index contributed by atoms with van der Waals surface area (Å²) < 4.78 is 10.9. The Bertz CT molecular complexity index is 603. The maximum atomic E-state index is 8.71. The van der Waals surface area contributed by atoms with Crippen molar-refractivity contribution in [1.82, 2.24) is 4.98 Å². The highest BCUT2D eigenvalue weighted by atomic mass is 16.5. The summed E-state index contributed by atoms with van der Waals surface area (Å²) in [6.07, 6.45) is 0. The lowest BCUT2D eigenvalue weighted by Crippen LogP contribution is -2.00. The Morgan fingerprint density at radius 3 is 2.58 bits per heavy atom. The van der Waals surface area contributed by atoms with Gasteiger partial charge < -0.3 is 15.2 Å². The molecular weight excluding hydrogens is 242 g/mol. The highest BCUT2D eigenvalue weighted by Crippen LogP contribution is 2.25. The van der Waals surface area contributed by atoms with Crippen LogP contribution in [0.2, 0.25) is 0 Å². The molecule has 0 aliphatic rings. The van der Waals surface area contributed by atoms with E-state index in [2.05, 4.69) is 4.98 Å². The van der Waals surface area contributed by atoms with Gasteiger partial charge in [0.2, 0.25) is 11.8 Å². The maximum Gasteiger partial charge on any atom is 0.240 e. The van der Waals surface area contributed by atoms with Crippen molar-refractivity contribution in [1.29, 1.82) is 5.26 Å². The number of nitrogens with two attached hydrogens (primary N) is 1. The van der Waals surface area contributed by atoms with E-state index < -0.39 is 0 Å². The van der Waals surface area contributed by atoms with Crippen molar-refractivity contribution in [2.45, 2.75) is 6.92 Å². The van der Waals surface area contributed by atoms with E-state index in [1.165, 1.54) is 0 Å². The molecule has 2 rings (SSSR count). The standard InChI is InChI=1S/C14H13N3O2/c1-2-18-14-12(16)7-8-13(17-14)19-11-5-3-10(9-15)4-6-11/h3-8H,2,16H2,1H3. The topological polar surface area (TPSA) is 81.2 Å². The van der Waals surface area contributed by atoms with Gasteiger partial charge in [-0.25, -0.2) is 0 Å². The van der Waals surface area contributed by atoms with Crippen molar-refractivity contribution in [2.24, 2.45) is 0 Å². The molecule has 0 bridgehead atoms. The number of pyridine rings is 1. The van der Waals surface area contributed by atoms with E-state index >= 15 is 0 Å². The summed E-state index contributed by atoms with van der Waals surface area (Å²) in [5.74, 6) is 1.34. The van der Waals surface area contributed by atoms with Crippen LogP contribution in [0.1, 0.15) is 12.5 Å². The molecule has 2 aromatic rings. The third-order valence-corrected chi connectivity index (χ3v) is 2.35. The van der Waals surface area contributed by atoms with Crippen molar-refractivity contribution in [3.63, 3.8) is 0 Å². The van der Waals surface area contributed by atoms with Crippen LogP contribution in [0.5, 0.6) is 17.5 Å². The number of benzene rings is 1. The van der Waals surface area contributed by atoms with Gasteiger partial charge in [-0.15, -0.1) is 0 Å². The molecule has 19 heavy (non-hydrogen) atoms. The van der Waals surface area contributed by atoms with Crippen LogP contribution in [0.3, 0.4) is 0 Å². The van der Waals surface area contributed by atoms with Gasteiger partial charge in [-0.1, -0.05) is 0 Å². The molecule has 5 nitrogen and oxygen atoms in total. The minimum absolute atomic E-state index is 0.355. The molecule has 2 N–H and O–H groups in total. The molecule has 0 atom stereocenters. The number of hydrogen-bond acceptors (Lipinski definition) is 5. The summed E-state index contributed by atoms with van der Waals surface area (Å²) in [6, 6.07) is 12.1. The first-order valence-corrected chi connectivity index (χ1v) is 5.80. The number of hydrogen-bond donors (Lipinski definition) is 1. The van der Waals surface area contributed by atoms with Crippen LogP contribution in [0.25, 0.3) is 0 Å². The van der Waals surface area contributed by atoms with E-state index in [0.717, 1.165) is 0 Å². The predicted octanol–water partition coefficient (Wildman–Crippen LogP) is 2.73. The smallest absolute Gasteiger partial charge is 0.240 e. The monoisotopic (exact) mass is 255 g/mol. The van der Waals surface area contributed by atoms with Crippen molar-refractivity contribution in [2.75, 3.05) is 12.3 Å². The second-order valence-corrected chi connectivity index (χ2v) is 3.72. The molecule has 0 unspecified atom stereocenters. The lowest BCUT2D eigenvalue weighted by molar-refractivity contribution is 0.323. The third-order valence-electron chi connectivity index (χ3n) is 2.35. The van der Waals surface area contributed by atoms with E-state index in [4.69, 9.17) is 20.5 Å². The molecule has 0 spiro atoms. The molecule has 5 heteroatoms. The first-order chi connectivity index (χ1) is 9.22. The summed E-state index contributed by atoms with van der Waals surface area (Å²) in [5.41, 5.74) is 6.77. The lowest BCUT2D eigenvalue weighted by Gasteiger charge is -2.09. The van der Waals surface area contributed by atoms with Gasteiger partial charge >= 0.3 is 0 Å². The van der Waals surface area contributed by atoms with Crippen LogP contribution in [-0.2, 0) is 0 Å². The molecule has 1 heterocycles. The lowest BCUT2D eigenvalue weighted by atomic mass is 10.2. The normalized spacial score (nSPS) is 9.68. The molecular formula is C14H13N3O2. The van der Waals surface area contributed by atoms with E-state index in [-0.39, 0.29) is 0 Å². The number of aromatic nitrogens is 1. The summed E-state index contributed by atoms with van der Waals surface area (Å²) >= 11 is 0. The van der Waals surface area contributed by atoms with Crippen molar-refractivity contribution >= 4 is 5.69 Å². The fraction of sp³-hybridized carbons (Fsp3) is 0.143. The Morgan fingerprint density at radius 1 is 1.21 bits per heavy atom. The fourth-order valence-electron chi connectivity index (χ4n) is 1.46. The second-order valence-electron chi connectivity index (χ2n) is 3.72. The van der Waals surface area contributed by atoms with Crippen molar-refractivity contribution in [3.8, 4) is 23.6 Å². The summed E-state index contributed by atoms with van der Waals surface area (Å²) in [6.45, 7) is 2.34. The van der Waals surface area contributed by atoms with Crippen molar-refractivity contribution in [3.05, 3.63) is 42.0 Å². The van der Waals surface area contributed by atoms with Gasteiger partial charge in [-0.2, -0.15) is 10.2 Å². The van der Waals surface area contributed by atoms with Gasteiger partial charge in [0.15, 0.2) is 0 Å². The molecule has 0 aliphatic heterocycles. The summed E-state index contributed by atoms with van der Waals surface area (Å²) in [4.78, 5) is 4.17. The van der Waals surface area contributed by atoms with E-state index in [1.54, 1.807) is 36.4 Å². The zero-order valence-corrected chi connectivity index (χ0v) is 10.5. The molecule has 0 saturated heterocycles. The zero-order chi connectivity index (χ0) is 13.7. The fourth-order valence-corrected chi connectivity index (χ4v) is 1.46. The molecule has 0 amide bonds. The molecule has 96 valence electrons. The molecule has 0 aliphatic carbocycles. The molecule has 1 aromatic carbocycles. The zero-order valence-electron chi connectivity index (χ0n) is 10.5. The number of nitrogen functional groups attached to an aromatic ring is 1. The van der Waals surface area contributed by atoms with Gasteiger partial charge in [0, 0.05) is 6.07 Å². The molecule has 0 saturated carbocycles. The van der Waals surface area contributed by atoms with Gasteiger partial charge in [-0.05, 0) is 37.3 Å². The van der Waals surface area contributed by atoms with Gasteiger partial charge in [0.25, 0.3) is 0 Å². The Kier molecular flexibility index (Phi) is 3.84. The highest BCUT2D eigenvalue weighted by Gasteiger charge is 2.05. The Labute approximate surface area is 111 Å². The summed E-state index contributed by atoms with van der Waals surface area (Å²) in [5, 5.41) is 8.71. The second kappa shape index (κ2) is 5.74. The summed E-state index contributed by atoms with van der Waals surface area (Å²) in [7, 11) is 0. The number of ether oxygens (including phenoxy) is 2. The van der Waals surface area contributed by atoms with E-state index in [0.29, 0.717) is 35.4 Å². The van der Waals surface area contributed by atoms with Gasteiger partial charge in [-0.3, -0.25) is 0 Å².